The predicted octanol–water partition coefficient (Wildman–Crippen LogP) is 3.97. The number of anilines is 1. The molecule has 3 unspecified atom stereocenters. The molecule has 1 aromatic carbocycles. The summed E-state index contributed by atoms with van der Waals surface area (Å²) in [6.45, 7) is 5.59. The maximum atomic E-state index is 13.1. The summed E-state index contributed by atoms with van der Waals surface area (Å²) in [7, 11) is 1.69. The van der Waals surface area contributed by atoms with Crippen molar-refractivity contribution in [3.05, 3.63) is 23.2 Å². The number of halogens is 1. The van der Waals surface area contributed by atoms with Crippen LogP contribution in [0.4, 0.5) is 10.5 Å². The topological polar surface area (TPSA) is 45.2 Å². The fraction of sp³-hybridized carbons (Fsp3) is 0.682. The van der Waals surface area contributed by atoms with Crippen LogP contribution in [-0.4, -0.2) is 67.0 Å². The van der Waals surface area contributed by atoms with Gasteiger partial charge in [0.05, 0.1) is 12.8 Å². The molecule has 6 rings (SSSR count). The number of piperidine rings is 1. The molecule has 5 fully saturated rings. The van der Waals surface area contributed by atoms with E-state index in [2.05, 4.69) is 21.6 Å². The Labute approximate surface area is 177 Å². The van der Waals surface area contributed by atoms with Gasteiger partial charge in [0, 0.05) is 49.7 Å². The zero-order valence-corrected chi connectivity index (χ0v) is 18.0. The van der Waals surface area contributed by atoms with E-state index in [0.29, 0.717) is 23.0 Å². The number of carbonyl (C=O) groups excluding carboxylic acids is 1. The summed E-state index contributed by atoms with van der Waals surface area (Å²) in [6, 6.07) is 6.50. The van der Waals surface area contributed by atoms with Gasteiger partial charge < -0.3 is 19.3 Å². The summed E-state index contributed by atoms with van der Waals surface area (Å²) < 4.78 is 11.8. The molecule has 5 heterocycles. The second kappa shape index (κ2) is 7.24. The predicted molar refractivity (Wildman–Crippen MR) is 113 cm³/mol. The first-order chi connectivity index (χ1) is 14.0. The average molecular weight is 420 g/mol. The second-order valence-corrected chi connectivity index (χ2v) is 9.61. The van der Waals surface area contributed by atoms with Crippen molar-refractivity contribution in [2.45, 2.75) is 56.8 Å². The van der Waals surface area contributed by atoms with Crippen molar-refractivity contribution in [3.63, 3.8) is 0 Å². The highest BCUT2D eigenvalue weighted by Gasteiger charge is 2.50. The third-order valence-electron chi connectivity index (χ3n) is 7.46. The lowest BCUT2D eigenvalue weighted by atomic mass is 9.90. The van der Waals surface area contributed by atoms with E-state index in [1.54, 1.807) is 7.11 Å². The van der Waals surface area contributed by atoms with E-state index in [1.165, 1.54) is 0 Å². The van der Waals surface area contributed by atoms with Crippen molar-refractivity contribution in [2.75, 3.05) is 38.2 Å². The lowest BCUT2D eigenvalue weighted by Gasteiger charge is -2.39. The number of hydrogen-bond acceptors (Lipinski definition) is 5. The Morgan fingerprint density at radius 1 is 1.17 bits per heavy atom. The summed E-state index contributed by atoms with van der Waals surface area (Å²) in [5, 5.41) is 0.700. The zero-order valence-electron chi connectivity index (χ0n) is 17.3. The summed E-state index contributed by atoms with van der Waals surface area (Å²) in [4.78, 5) is 19.9. The van der Waals surface area contributed by atoms with Crippen molar-refractivity contribution in [1.82, 2.24) is 9.80 Å². The summed E-state index contributed by atoms with van der Waals surface area (Å²) in [6.07, 6.45) is 5.14. The largest absolute Gasteiger partial charge is 0.495 e. The van der Waals surface area contributed by atoms with Gasteiger partial charge in [-0.1, -0.05) is 11.6 Å². The van der Waals surface area contributed by atoms with Crippen LogP contribution in [0.3, 0.4) is 0 Å². The molecule has 0 N–H and O–H groups in total. The third-order valence-corrected chi connectivity index (χ3v) is 7.70. The van der Waals surface area contributed by atoms with Crippen LogP contribution < -0.4 is 9.64 Å². The Hall–Kier alpha value is -1.66. The van der Waals surface area contributed by atoms with Gasteiger partial charge in [-0.15, -0.1) is 0 Å². The molecule has 1 aromatic rings. The second-order valence-electron chi connectivity index (χ2n) is 9.17. The van der Waals surface area contributed by atoms with E-state index < -0.39 is 5.72 Å². The number of nitrogens with zero attached hydrogens (tertiary/aromatic N) is 3. The molecule has 5 aliphatic rings. The Bertz CT molecular complexity index is 792. The molecule has 5 saturated heterocycles. The highest BCUT2D eigenvalue weighted by atomic mass is 35.5. The number of amides is 1. The summed E-state index contributed by atoms with van der Waals surface area (Å²) in [5.41, 5.74) is 0.424. The molecular weight excluding hydrogens is 390 g/mol. The van der Waals surface area contributed by atoms with Crippen LogP contribution >= 0.6 is 11.6 Å². The quantitative estimate of drug-likeness (QED) is 0.725. The minimum Gasteiger partial charge on any atom is -0.495 e. The molecule has 158 valence electrons. The molecule has 0 aliphatic carbocycles. The summed E-state index contributed by atoms with van der Waals surface area (Å²) >= 11 is 6.27. The van der Waals surface area contributed by atoms with E-state index >= 15 is 0 Å². The third kappa shape index (κ3) is 3.34. The number of rotatable bonds is 2. The average Bonchev–Trinajstić information content (AvgIpc) is 2.90. The molecule has 3 atom stereocenters. The monoisotopic (exact) mass is 419 g/mol. The smallest absolute Gasteiger partial charge is 0.412 e. The first-order valence-electron chi connectivity index (χ1n) is 10.8. The molecule has 4 bridgehead atoms. The first kappa shape index (κ1) is 19.3. The van der Waals surface area contributed by atoms with Crippen LogP contribution in [0.2, 0.25) is 5.02 Å². The van der Waals surface area contributed by atoms with Crippen molar-refractivity contribution in [2.24, 2.45) is 5.92 Å². The van der Waals surface area contributed by atoms with Crippen LogP contribution in [0.15, 0.2) is 18.2 Å². The molecule has 0 spiro atoms. The number of fused-ring (bicyclic) bond motifs is 1. The van der Waals surface area contributed by atoms with Gasteiger partial charge in [-0.2, -0.15) is 0 Å². The number of methoxy groups -OCH3 is 1. The highest BCUT2D eigenvalue weighted by molar-refractivity contribution is 6.30. The van der Waals surface area contributed by atoms with Crippen LogP contribution in [0.25, 0.3) is 0 Å². The molecule has 0 saturated carbocycles. The van der Waals surface area contributed by atoms with E-state index in [-0.39, 0.29) is 6.09 Å². The van der Waals surface area contributed by atoms with Crippen LogP contribution in [0.1, 0.15) is 39.0 Å². The van der Waals surface area contributed by atoms with Gasteiger partial charge in [0.2, 0.25) is 0 Å². The molecule has 29 heavy (non-hydrogen) atoms. The minimum atomic E-state index is -0.581. The lowest BCUT2D eigenvalue weighted by molar-refractivity contribution is -0.104. The first-order valence-corrected chi connectivity index (χ1v) is 11.2. The normalized spacial score (nSPS) is 34.7. The molecule has 1 amide bonds. The Kier molecular flexibility index (Phi) is 4.82. The van der Waals surface area contributed by atoms with Crippen molar-refractivity contribution >= 4 is 23.4 Å². The van der Waals surface area contributed by atoms with Gasteiger partial charge in [0.15, 0.2) is 5.72 Å². The van der Waals surface area contributed by atoms with Gasteiger partial charge in [0.25, 0.3) is 0 Å². The molecule has 0 radical (unpaired) electrons. The lowest BCUT2D eigenvalue weighted by Crippen LogP contribution is -2.51. The maximum Gasteiger partial charge on any atom is 0.412 e. The Balaban J connectivity index is 1.42. The van der Waals surface area contributed by atoms with Crippen LogP contribution in [0, 0.1) is 5.92 Å². The SMILES string of the molecule is COc1ccc(Cl)cc1N1CCN2CC3CC4CCC(C3)N4C(=O)OC2(C)CC1. The van der Waals surface area contributed by atoms with Gasteiger partial charge in [-0.25, -0.2) is 4.79 Å². The van der Waals surface area contributed by atoms with Gasteiger partial charge in [-0.05, 0) is 56.7 Å². The number of carbonyl (C=O) groups is 1. The Morgan fingerprint density at radius 3 is 2.66 bits per heavy atom. The summed E-state index contributed by atoms with van der Waals surface area (Å²) in [5.74, 6) is 1.47. The van der Waals surface area contributed by atoms with E-state index in [1.807, 2.05) is 18.2 Å². The van der Waals surface area contributed by atoms with Crippen molar-refractivity contribution in [3.8, 4) is 5.75 Å². The van der Waals surface area contributed by atoms with Gasteiger partial charge in [-0.3, -0.25) is 4.90 Å². The number of hydrogen-bond donors (Lipinski definition) is 0. The number of ether oxygens (including phenoxy) is 2. The van der Waals surface area contributed by atoms with Crippen molar-refractivity contribution < 1.29 is 14.3 Å². The molecule has 6 nitrogen and oxygen atoms in total. The van der Waals surface area contributed by atoms with E-state index in [0.717, 1.165) is 69.7 Å². The molecule has 0 aromatic heterocycles. The maximum absolute atomic E-state index is 13.1. The van der Waals surface area contributed by atoms with Crippen molar-refractivity contribution in [1.29, 1.82) is 0 Å². The highest BCUT2D eigenvalue weighted by Crippen LogP contribution is 2.43. The number of benzene rings is 1. The fourth-order valence-corrected chi connectivity index (χ4v) is 6.10. The molecular formula is C22H30ClN3O3. The minimum absolute atomic E-state index is 0.112. The fourth-order valence-electron chi connectivity index (χ4n) is 5.93. The van der Waals surface area contributed by atoms with Gasteiger partial charge >= 0.3 is 6.09 Å². The van der Waals surface area contributed by atoms with Crippen LogP contribution in [-0.2, 0) is 4.74 Å². The molecule has 7 heteroatoms. The molecule has 5 aliphatic heterocycles. The standard InChI is InChI=1S/C22H30ClN3O3/c1-22-7-8-24(19-13-16(23)3-6-20(19)28-2)9-10-25(22)14-15-11-17-4-5-18(12-15)26(17)21(27)29-22/h3,6,13,15,17-18H,4-5,7-12,14H2,1-2H3. The van der Waals surface area contributed by atoms with E-state index in [4.69, 9.17) is 21.1 Å². The van der Waals surface area contributed by atoms with E-state index in [9.17, 15) is 4.79 Å². The van der Waals surface area contributed by atoms with Gasteiger partial charge in [0.1, 0.15) is 5.75 Å². The Morgan fingerprint density at radius 2 is 1.93 bits per heavy atom. The zero-order chi connectivity index (χ0) is 20.2. The van der Waals surface area contributed by atoms with Crippen LogP contribution in [0.5, 0.6) is 5.75 Å².